The minimum atomic E-state index is -4.19. The van der Waals surface area contributed by atoms with Crippen molar-refractivity contribution < 1.29 is 22.7 Å². The fourth-order valence-electron chi connectivity index (χ4n) is 5.69. The molecule has 0 spiro atoms. The highest BCUT2D eigenvalue weighted by Gasteiger charge is 2.51. The fourth-order valence-corrected chi connectivity index (χ4v) is 6.79. The number of rotatable bonds is 4. The van der Waals surface area contributed by atoms with Gasteiger partial charge in [0, 0.05) is 5.54 Å². The smallest absolute Gasteiger partial charge is 0.339 e. The molecule has 0 unspecified atom stereocenters. The summed E-state index contributed by atoms with van der Waals surface area (Å²) in [5.41, 5.74) is -0.397. The minimum absolute atomic E-state index is 0.102. The number of benzene rings is 1. The summed E-state index contributed by atoms with van der Waals surface area (Å²) >= 11 is 0. The molecule has 0 heterocycles. The highest BCUT2D eigenvalue weighted by Crippen LogP contribution is 2.55. The zero-order valence-corrected chi connectivity index (χ0v) is 16.1. The third-order valence-electron chi connectivity index (χ3n) is 6.23. The monoisotopic (exact) mass is 392 g/mol. The Morgan fingerprint density at radius 1 is 1.04 bits per heavy atom. The molecule has 4 aliphatic carbocycles. The molecule has 4 bridgehead atoms. The summed E-state index contributed by atoms with van der Waals surface area (Å²) in [6.45, 7) is 0. The van der Waals surface area contributed by atoms with E-state index in [0.29, 0.717) is 17.8 Å². The van der Waals surface area contributed by atoms with Gasteiger partial charge in [-0.25, -0.2) is 22.7 Å². The van der Waals surface area contributed by atoms with Gasteiger partial charge < -0.3 is 10.1 Å². The highest BCUT2D eigenvalue weighted by molar-refractivity contribution is 7.90. The molecular formula is C19H24N2O5S. The van der Waals surface area contributed by atoms with Crippen LogP contribution in [-0.4, -0.2) is 33.1 Å². The molecule has 1 aromatic rings. The van der Waals surface area contributed by atoms with E-state index in [4.69, 9.17) is 0 Å². The second-order valence-corrected chi connectivity index (χ2v) is 9.90. The molecule has 0 saturated heterocycles. The predicted molar refractivity (Wildman–Crippen MR) is 97.5 cm³/mol. The number of amides is 2. The summed E-state index contributed by atoms with van der Waals surface area (Å²) in [4.78, 5) is 24.1. The summed E-state index contributed by atoms with van der Waals surface area (Å²) in [6, 6.07) is 4.96. The Kier molecular flexibility index (Phi) is 4.41. The van der Waals surface area contributed by atoms with Crippen LogP contribution in [0.5, 0.6) is 0 Å². The Morgan fingerprint density at radius 3 is 2.15 bits per heavy atom. The summed E-state index contributed by atoms with van der Waals surface area (Å²) in [6.07, 6.45) is 6.45. The molecule has 1 aromatic carbocycles. The number of ether oxygens (including phenoxy) is 1. The quantitative estimate of drug-likeness (QED) is 0.767. The van der Waals surface area contributed by atoms with Crippen LogP contribution in [0.25, 0.3) is 0 Å². The van der Waals surface area contributed by atoms with Crippen LogP contribution in [0.2, 0.25) is 0 Å². The zero-order valence-electron chi connectivity index (χ0n) is 15.2. The molecule has 27 heavy (non-hydrogen) atoms. The van der Waals surface area contributed by atoms with Gasteiger partial charge in [-0.15, -0.1) is 0 Å². The van der Waals surface area contributed by atoms with E-state index in [9.17, 15) is 18.0 Å². The number of hydrogen-bond acceptors (Lipinski definition) is 5. The van der Waals surface area contributed by atoms with Crippen molar-refractivity contribution in [2.24, 2.45) is 17.8 Å². The summed E-state index contributed by atoms with van der Waals surface area (Å²) in [5, 5.41) is 2.97. The lowest BCUT2D eigenvalue weighted by Gasteiger charge is -2.56. The standard InChI is InChI=1S/C19H24N2O5S/c1-26-17(22)15-4-2-3-5-16(15)27(24,25)21-18(23)20-19-9-12-6-13(10-19)8-14(7-12)11-19/h2-5,12-14H,6-11H2,1H3,(H2,20,21,23). The van der Waals surface area contributed by atoms with Gasteiger partial charge in [-0.1, -0.05) is 12.1 Å². The van der Waals surface area contributed by atoms with E-state index >= 15 is 0 Å². The first-order valence-electron chi connectivity index (χ1n) is 9.32. The topological polar surface area (TPSA) is 102 Å². The molecule has 5 rings (SSSR count). The first kappa shape index (κ1) is 18.3. The second kappa shape index (κ2) is 6.51. The molecule has 146 valence electrons. The largest absolute Gasteiger partial charge is 0.465 e. The maximum Gasteiger partial charge on any atom is 0.339 e. The van der Waals surface area contributed by atoms with Crippen LogP contribution in [-0.2, 0) is 14.8 Å². The molecule has 2 N–H and O–H groups in total. The average molecular weight is 392 g/mol. The lowest BCUT2D eigenvalue weighted by molar-refractivity contribution is -0.0132. The van der Waals surface area contributed by atoms with Gasteiger partial charge in [0.25, 0.3) is 10.0 Å². The van der Waals surface area contributed by atoms with E-state index in [1.165, 1.54) is 44.6 Å². The number of carbonyl (C=O) groups is 2. The Hall–Kier alpha value is -2.09. The van der Waals surface area contributed by atoms with Crippen molar-refractivity contribution in [1.29, 1.82) is 0 Å². The van der Waals surface area contributed by atoms with Crippen LogP contribution in [0.1, 0.15) is 48.9 Å². The van der Waals surface area contributed by atoms with Gasteiger partial charge in [0.15, 0.2) is 0 Å². The van der Waals surface area contributed by atoms with Crippen molar-refractivity contribution in [2.75, 3.05) is 7.11 Å². The lowest BCUT2D eigenvalue weighted by atomic mass is 9.53. The Balaban J connectivity index is 1.51. The summed E-state index contributed by atoms with van der Waals surface area (Å²) in [7, 11) is -3.01. The molecule has 7 nitrogen and oxygen atoms in total. The Labute approximate surface area is 158 Å². The van der Waals surface area contributed by atoms with Crippen molar-refractivity contribution >= 4 is 22.0 Å². The van der Waals surface area contributed by atoms with Crippen LogP contribution in [0.15, 0.2) is 29.2 Å². The maximum atomic E-state index is 12.7. The van der Waals surface area contributed by atoms with Crippen molar-refractivity contribution in [3.63, 3.8) is 0 Å². The van der Waals surface area contributed by atoms with E-state index in [2.05, 4.69) is 14.8 Å². The van der Waals surface area contributed by atoms with Crippen molar-refractivity contribution in [2.45, 2.75) is 49.0 Å². The SMILES string of the molecule is COC(=O)c1ccccc1S(=O)(=O)NC(=O)NC12CC3CC(CC(C3)C1)C2. The third-order valence-corrected chi connectivity index (χ3v) is 7.62. The van der Waals surface area contributed by atoms with Gasteiger partial charge in [-0.2, -0.15) is 0 Å². The van der Waals surface area contributed by atoms with Gasteiger partial charge in [0.2, 0.25) is 0 Å². The van der Waals surface area contributed by atoms with Gasteiger partial charge in [-0.05, 0) is 68.4 Å². The zero-order chi connectivity index (χ0) is 19.2. The Bertz CT molecular complexity index is 845. The molecule has 2 amide bonds. The van der Waals surface area contributed by atoms with E-state index in [1.54, 1.807) is 6.07 Å². The van der Waals surface area contributed by atoms with Gasteiger partial charge >= 0.3 is 12.0 Å². The van der Waals surface area contributed by atoms with E-state index in [-0.39, 0.29) is 16.0 Å². The van der Waals surface area contributed by atoms with Gasteiger partial charge in [0.05, 0.1) is 12.7 Å². The molecule has 4 fully saturated rings. The van der Waals surface area contributed by atoms with Crippen LogP contribution >= 0.6 is 0 Å². The number of hydrogen-bond donors (Lipinski definition) is 2. The first-order chi connectivity index (χ1) is 12.8. The molecular weight excluding hydrogens is 368 g/mol. The average Bonchev–Trinajstić information content (AvgIpc) is 2.58. The molecule has 0 radical (unpaired) electrons. The molecule has 4 saturated carbocycles. The number of sulfonamides is 1. The molecule has 8 heteroatoms. The van der Waals surface area contributed by atoms with E-state index in [0.717, 1.165) is 19.3 Å². The lowest BCUT2D eigenvalue weighted by Crippen LogP contribution is -2.61. The molecule has 0 aliphatic heterocycles. The number of carbonyl (C=O) groups excluding carboxylic acids is 2. The first-order valence-corrected chi connectivity index (χ1v) is 10.8. The highest BCUT2D eigenvalue weighted by atomic mass is 32.2. The number of methoxy groups -OCH3 is 1. The van der Waals surface area contributed by atoms with Crippen LogP contribution < -0.4 is 10.0 Å². The maximum absolute atomic E-state index is 12.7. The van der Waals surface area contributed by atoms with Crippen LogP contribution in [0, 0.1) is 17.8 Å². The Morgan fingerprint density at radius 2 is 1.59 bits per heavy atom. The predicted octanol–water partition coefficient (Wildman–Crippen LogP) is 2.43. The number of urea groups is 1. The fraction of sp³-hybridized carbons (Fsp3) is 0.579. The number of esters is 1. The van der Waals surface area contributed by atoms with Crippen molar-refractivity contribution in [3.05, 3.63) is 29.8 Å². The molecule has 0 atom stereocenters. The minimum Gasteiger partial charge on any atom is -0.465 e. The van der Waals surface area contributed by atoms with Crippen molar-refractivity contribution in [3.8, 4) is 0 Å². The second-order valence-electron chi connectivity index (χ2n) is 8.25. The third kappa shape index (κ3) is 3.42. The molecule has 4 aliphatic rings. The normalized spacial score (nSPS) is 31.4. The molecule has 0 aromatic heterocycles. The van der Waals surface area contributed by atoms with Crippen LogP contribution in [0.4, 0.5) is 4.79 Å². The van der Waals surface area contributed by atoms with E-state index < -0.39 is 22.0 Å². The summed E-state index contributed by atoms with van der Waals surface area (Å²) < 4.78 is 32.1. The van der Waals surface area contributed by atoms with Gasteiger partial charge in [0.1, 0.15) is 4.90 Å². The van der Waals surface area contributed by atoms with Crippen molar-refractivity contribution in [1.82, 2.24) is 10.0 Å². The summed E-state index contributed by atoms with van der Waals surface area (Å²) in [5.74, 6) is 1.13. The van der Waals surface area contributed by atoms with Gasteiger partial charge in [-0.3, -0.25) is 0 Å². The van der Waals surface area contributed by atoms with Crippen LogP contribution in [0.3, 0.4) is 0 Å². The number of nitrogens with one attached hydrogen (secondary N) is 2. The van der Waals surface area contributed by atoms with E-state index in [1.807, 2.05) is 0 Å².